The van der Waals surface area contributed by atoms with Crippen molar-refractivity contribution in [2.24, 2.45) is 0 Å². The van der Waals surface area contributed by atoms with E-state index < -0.39 is 11.6 Å². The number of hydrogen-bond acceptors (Lipinski definition) is 4. The minimum absolute atomic E-state index is 0.0184. The molecule has 0 atom stereocenters. The Morgan fingerprint density at radius 2 is 1.74 bits per heavy atom. The van der Waals surface area contributed by atoms with Crippen LogP contribution in [-0.4, -0.2) is 9.97 Å². The van der Waals surface area contributed by atoms with Gasteiger partial charge in [0.05, 0.1) is 0 Å². The highest BCUT2D eigenvalue weighted by Crippen LogP contribution is 2.28. The fourth-order valence-corrected chi connectivity index (χ4v) is 3.47. The van der Waals surface area contributed by atoms with Crippen LogP contribution in [0.3, 0.4) is 0 Å². The third-order valence-electron chi connectivity index (χ3n) is 4.05. The molecule has 0 aliphatic rings. The van der Waals surface area contributed by atoms with Gasteiger partial charge in [-0.3, -0.25) is 0 Å². The third-order valence-corrected chi connectivity index (χ3v) is 4.92. The minimum Gasteiger partial charge on any atom is -0.439 e. The molecule has 1 heterocycles. The molecule has 0 aliphatic heterocycles. The van der Waals surface area contributed by atoms with Gasteiger partial charge >= 0.3 is 0 Å². The van der Waals surface area contributed by atoms with Crippen LogP contribution in [0.2, 0.25) is 0 Å². The van der Waals surface area contributed by atoms with Crippen LogP contribution in [0, 0.1) is 25.5 Å². The Morgan fingerprint density at radius 3 is 2.41 bits per heavy atom. The topological polar surface area (TPSA) is 35.0 Å². The first-order chi connectivity index (χ1) is 13.0. The zero-order valence-electron chi connectivity index (χ0n) is 15.4. The van der Waals surface area contributed by atoms with Gasteiger partial charge in [-0.15, -0.1) is 0 Å². The molecule has 27 heavy (non-hydrogen) atoms. The van der Waals surface area contributed by atoms with E-state index in [0.717, 1.165) is 22.6 Å². The Balaban J connectivity index is 1.83. The number of thioether (sulfide) groups is 1. The van der Waals surface area contributed by atoms with Gasteiger partial charge in [0.15, 0.2) is 5.16 Å². The Kier molecular flexibility index (Phi) is 6.06. The van der Waals surface area contributed by atoms with Gasteiger partial charge in [-0.2, -0.15) is 4.98 Å². The van der Waals surface area contributed by atoms with Crippen molar-refractivity contribution in [2.45, 2.75) is 38.1 Å². The van der Waals surface area contributed by atoms with Crippen LogP contribution in [0.25, 0.3) is 0 Å². The Labute approximate surface area is 161 Å². The van der Waals surface area contributed by atoms with E-state index in [9.17, 15) is 8.78 Å². The molecule has 0 bridgehead atoms. The van der Waals surface area contributed by atoms with Crippen molar-refractivity contribution in [3.05, 3.63) is 76.5 Å². The van der Waals surface area contributed by atoms with E-state index in [1.54, 1.807) is 6.07 Å². The Bertz CT molecular complexity index is 943. The molecule has 0 fully saturated rings. The molecular weight excluding hydrogens is 366 g/mol. The molecule has 0 amide bonds. The van der Waals surface area contributed by atoms with E-state index >= 15 is 0 Å². The molecule has 3 aromatic rings. The summed E-state index contributed by atoms with van der Waals surface area (Å²) in [5.41, 5.74) is 2.99. The molecule has 0 unspecified atom stereocenters. The SMILES string of the molecule is CCc1cc(Oc2ccc(C)cc2C)nc(SCc2c(F)cccc2F)n1. The summed E-state index contributed by atoms with van der Waals surface area (Å²) in [4.78, 5) is 8.83. The van der Waals surface area contributed by atoms with Crippen LogP contribution < -0.4 is 4.74 Å². The summed E-state index contributed by atoms with van der Waals surface area (Å²) < 4.78 is 33.6. The van der Waals surface area contributed by atoms with Crippen LogP contribution >= 0.6 is 11.8 Å². The van der Waals surface area contributed by atoms with E-state index in [-0.39, 0.29) is 11.3 Å². The van der Waals surface area contributed by atoms with Gasteiger partial charge in [0.1, 0.15) is 17.4 Å². The van der Waals surface area contributed by atoms with Gasteiger partial charge in [-0.1, -0.05) is 42.4 Å². The summed E-state index contributed by atoms with van der Waals surface area (Å²) >= 11 is 1.18. The van der Waals surface area contributed by atoms with Crippen LogP contribution in [0.4, 0.5) is 8.78 Å². The van der Waals surface area contributed by atoms with E-state index in [1.165, 1.54) is 30.0 Å². The van der Waals surface area contributed by atoms with Gasteiger partial charge in [0.25, 0.3) is 0 Å². The number of hydrogen-bond donors (Lipinski definition) is 0. The lowest BCUT2D eigenvalue weighted by molar-refractivity contribution is 0.450. The van der Waals surface area contributed by atoms with Gasteiger partial charge in [-0.05, 0) is 44.0 Å². The highest BCUT2D eigenvalue weighted by molar-refractivity contribution is 7.98. The van der Waals surface area contributed by atoms with Crippen molar-refractivity contribution in [2.75, 3.05) is 0 Å². The quantitative estimate of drug-likeness (QED) is 0.383. The third kappa shape index (κ3) is 4.83. The molecule has 0 N–H and O–H groups in total. The molecule has 0 spiro atoms. The molecule has 0 aliphatic carbocycles. The predicted octanol–water partition coefficient (Wildman–Crippen LogP) is 6.02. The van der Waals surface area contributed by atoms with Gasteiger partial charge < -0.3 is 4.74 Å². The van der Waals surface area contributed by atoms with E-state index in [0.29, 0.717) is 17.5 Å². The second kappa shape index (κ2) is 8.48. The average Bonchev–Trinajstić information content (AvgIpc) is 2.63. The van der Waals surface area contributed by atoms with Crippen molar-refractivity contribution < 1.29 is 13.5 Å². The Morgan fingerprint density at radius 1 is 1.00 bits per heavy atom. The normalized spacial score (nSPS) is 10.9. The average molecular weight is 386 g/mol. The van der Waals surface area contributed by atoms with Crippen molar-refractivity contribution in [3.8, 4) is 11.6 Å². The highest BCUT2D eigenvalue weighted by Gasteiger charge is 2.12. The maximum Gasteiger partial charge on any atom is 0.223 e. The lowest BCUT2D eigenvalue weighted by atomic mass is 10.1. The van der Waals surface area contributed by atoms with Crippen molar-refractivity contribution in [3.63, 3.8) is 0 Å². The van der Waals surface area contributed by atoms with Crippen LogP contribution in [-0.2, 0) is 12.2 Å². The predicted molar refractivity (Wildman–Crippen MR) is 103 cm³/mol. The van der Waals surface area contributed by atoms with E-state index in [1.807, 2.05) is 39.0 Å². The summed E-state index contributed by atoms with van der Waals surface area (Å²) in [6.07, 6.45) is 0.702. The number of nitrogens with zero attached hydrogens (tertiary/aromatic N) is 2. The molecule has 3 rings (SSSR count). The highest BCUT2D eigenvalue weighted by atomic mass is 32.2. The zero-order chi connectivity index (χ0) is 19.4. The molecular formula is C21H20F2N2OS. The van der Waals surface area contributed by atoms with E-state index in [4.69, 9.17) is 4.74 Å². The number of halogens is 2. The van der Waals surface area contributed by atoms with Gasteiger partial charge in [-0.25, -0.2) is 13.8 Å². The number of aryl methyl sites for hydroxylation is 3. The lowest BCUT2D eigenvalue weighted by Crippen LogP contribution is -1.99. The first kappa shape index (κ1) is 19.3. The van der Waals surface area contributed by atoms with Crippen LogP contribution in [0.5, 0.6) is 11.6 Å². The van der Waals surface area contributed by atoms with Crippen LogP contribution in [0.1, 0.15) is 29.3 Å². The summed E-state index contributed by atoms with van der Waals surface area (Å²) in [5.74, 6) is 0.110. The first-order valence-electron chi connectivity index (χ1n) is 8.65. The van der Waals surface area contributed by atoms with Crippen molar-refractivity contribution in [1.82, 2.24) is 9.97 Å². The van der Waals surface area contributed by atoms with Crippen molar-refractivity contribution in [1.29, 1.82) is 0 Å². The molecule has 2 aromatic carbocycles. The molecule has 0 saturated heterocycles. The number of benzene rings is 2. The minimum atomic E-state index is -0.569. The maximum absolute atomic E-state index is 13.8. The second-order valence-electron chi connectivity index (χ2n) is 6.19. The van der Waals surface area contributed by atoms with Crippen LogP contribution in [0.15, 0.2) is 47.6 Å². The number of rotatable bonds is 6. The Hall–Kier alpha value is -2.47. The molecule has 1 aromatic heterocycles. The molecule has 6 heteroatoms. The number of aromatic nitrogens is 2. The second-order valence-corrected chi connectivity index (χ2v) is 7.14. The lowest BCUT2D eigenvalue weighted by Gasteiger charge is -2.11. The van der Waals surface area contributed by atoms with Gasteiger partial charge in [0, 0.05) is 23.1 Å². The summed E-state index contributed by atoms with van der Waals surface area (Å²) in [6, 6.07) is 11.5. The number of ether oxygens (including phenoxy) is 1. The van der Waals surface area contributed by atoms with Crippen molar-refractivity contribution >= 4 is 11.8 Å². The monoisotopic (exact) mass is 386 g/mol. The summed E-state index contributed by atoms with van der Waals surface area (Å²) in [5, 5.41) is 0.428. The smallest absolute Gasteiger partial charge is 0.223 e. The fourth-order valence-electron chi connectivity index (χ4n) is 2.58. The zero-order valence-corrected chi connectivity index (χ0v) is 16.2. The summed E-state index contributed by atoms with van der Waals surface area (Å²) in [6.45, 7) is 5.97. The van der Waals surface area contributed by atoms with E-state index in [2.05, 4.69) is 9.97 Å². The maximum atomic E-state index is 13.8. The summed E-state index contributed by atoms with van der Waals surface area (Å²) in [7, 11) is 0. The molecule has 0 radical (unpaired) electrons. The first-order valence-corrected chi connectivity index (χ1v) is 9.63. The molecule has 140 valence electrons. The molecule has 3 nitrogen and oxygen atoms in total. The largest absolute Gasteiger partial charge is 0.439 e. The van der Waals surface area contributed by atoms with Gasteiger partial charge in [0.2, 0.25) is 5.88 Å². The fraction of sp³-hybridized carbons (Fsp3) is 0.238. The molecule has 0 saturated carbocycles. The standard InChI is InChI=1S/C21H20F2N2OS/c1-4-15-11-20(26-19-9-8-13(2)10-14(19)3)25-21(24-15)27-12-16-17(22)6-5-7-18(16)23/h5-11H,4,12H2,1-3H3.